The summed E-state index contributed by atoms with van der Waals surface area (Å²) in [4.78, 5) is 41.8. The summed E-state index contributed by atoms with van der Waals surface area (Å²) >= 11 is 0. The molecule has 4 fully saturated rings. The summed E-state index contributed by atoms with van der Waals surface area (Å²) in [5, 5.41) is 5.94. The van der Waals surface area contributed by atoms with E-state index in [1.807, 2.05) is 6.07 Å². The lowest BCUT2D eigenvalue weighted by Crippen LogP contribution is -2.46. The van der Waals surface area contributed by atoms with Crippen LogP contribution in [0.2, 0.25) is 0 Å². The number of pyridine rings is 1. The zero-order valence-corrected chi connectivity index (χ0v) is 19.1. The molecule has 3 saturated heterocycles. The second-order valence-corrected chi connectivity index (χ2v) is 9.99. The maximum absolute atomic E-state index is 12.6. The largest absolute Gasteiger partial charge is 0.370 e. The van der Waals surface area contributed by atoms with Gasteiger partial charge < -0.3 is 20.5 Å². The number of aromatic amines is 1. The van der Waals surface area contributed by atoms with Gasteiger partial charge in [0.1, 0.15) is 17.3 Å². The van der Waals surface area contributed by atoms with Crippen LogP contribution in [0.4, 0.5) is 11.5 Å². The van der Waals surface area contributed by atoms with Crippen molar-refractivity contribution in [2.45, 2.75) is 56.0 Å². The van der Waals surface area contributed by atoms with E-state index in [2.05, 4.69) is 30.4 Å². The molecule has 33 heavy (non-hydrogen) atoms. The molecule has 4 aliphatic heterocycles. The van der Waals surface area contributed by atoms with Crippen molar-refractivity contribution in [1.82, 2.24) is 25.2 Å². The quantitative estimate of drug-likeness (QED) is 0.645. The topological polar surface area (TPSA) is 106 Å². The molecule has 3 N–H and O–H groups in total. The molecular weight excluding hydrogens is 418 g/mol. The van der Waals surface area contributed by atoms with E-state index in [0.29, 0.717) is 17.8 Å². The number of amides is 1. The summed E-state index contributed by atoms with van der Waals surface area (Å²) in [6.07, 6.45) is 8.03. The molecule has 9 nitrogen and oxygen atoms in total. The summed E-state index contributed by atoms with van der Waals surface area (Å²) < 4.78 is 0. The van der Waals surface area contributed by atoms with Crippen molar-refractivity contribution < 1.29 is 4.79 Å². The number of nitrogens with one attached hydrogen (secondary N) is 3. The Morgan fingerprint density at radius 3 is 2.76 bits per heavy atom. The van der Waals surface area contributed by atoms with Gasteiger partial charge in [0.25, 0.3) is 11.5 Å². The van der Waals surface area contributed by atoms with Crippen LogP contribution < -0.4 is 21.1 Å². The molecule has 1 saturated carbocycles. The SMILES string of the molecule is CNC(=O)c1ccc(N2CCC(N3CC4(c5nc6c(c(=O)[nH]5)CCCN6)CC3C4)CC2)cn1. The van der Waals surface area contributed by atoms with E-state index in [1.165, 1.54) is 0 Å². The highest BCUT2D eigenvalue weighted by atomic mass is 16.1. The van der Waals surface area contributed by atoms with Crippen molar-refractivity contribution in [3.63, 3.8) is 0 Å². The number of piperidine rings is 1. The summed E-state index contributed by atoms with van der Waals surface area (Å²) in [5.74, 6) is 1.53. The minimum Gasteiger partial charge on any atom is -0.370 e. The van der Waals surface area contributed by atoms with Crippen LogP contribution in [-0.2, 0) is 11.8 Å². The Balaban J connectivity index is 1.11. The molecule has 7 rings (SSSR count). The Morgan fingerprint density at radius 2 is 2.03 bits per heavy atom. The van der Waals surface area contributed by atoms with Crippen molar-refractivity contribution in [1.29, 1.82) is 0 Å². The maximum Gasteiger partial charge on any atom is 0.269 e. The molecule has 2 aromatic rings. The van der Waals surface area contributed by atoms with Crippen LogP contribution in [-0.4, -0.2) is 71.1 Å². The van der Waals surface area contributed by atoms with Crippen molar-refractivity contribution in [3.05, 3.63) is 45.8 Å². The lowest BCUT2D eigenvalue weighted by molar-refractivity contribution is 0.0958. The molecule has 0 aromatic carbocycles. The number of hydrogen-bond acceptors (Lipinski definition) is 7. The van der Waals surface area contributed by atoms with E-state index in [1.54, 1.807) is 19.3 Å². The van der Waals surface area contributed by atoms with Gasteiger partial charge in [-0.2, -0.15) is 0 Å². The fraction of sp³-hybridized carbons (Fsp3) is 0.583. The van der Waals surface area contributed by atoms with Gasteiger partial charge in [-0.1, -0.05) is 0 Å². The monoisotopic (exact) mass is 449 g/mol. The van der Waals surface area contributed by atoms with Gasteiger partial charge in [0.15, 0.2) is 0 Å². The normalized spacial score (nSPS) is 26.9. The van der Waals surface area contributed by atoms with Gasteiger partial charge in [-0.3, -0.25) is 14.5 Å². The predicted molar refractivity (Wildman–Crippen MR) is 126 cm³/mol. The highest BCUT2D eigenvalue weighted by molar-refractivity contribution is 5.92. The predicted octanol–water partition coefficient (Wildman–Crippen LogP) is 1.27. The van der Waals surface area contributed by atoms with Crippen LogP contribution in [0, 0.1) is 0 Å². The van der Waals surface area contributed by atoms with Gasteiger partial charge in [0, 0.05) is 50.7 Å². The van der Waals surface area contributed by atoms with E-state index in [-0.39, 0.29) is 16.9 Å². The third kappa shape index (κ3) is 3.40. The molecule has 174 valence electrons. The minimum absolute atomic E-state index is 0.00865. The number of nitrogens with zero attached hydrogens (tertiary/aromatic N) is 4. The summed E-state index contributed by atoms with van der Waals surface area (Å²) in [6, 6.07) is 4.95. The smallest absolute Gasteiger partial charge is 0.269 e. The van der Waals surface area contributed by atoms with Gasteiger partial charge in [-0.15, -0.1) is 0 Å². The first kappa shape index (κ1) is 20.7. The van der Waals surface area contributed by atoms with Gasteiger partial charge >= 0.3 is 0 Å². The fourth-order valence-electron chi connectivity index (χ4n) is 6.27. The Kier molecular flexibility index (Phi) is 4.90. The van der Waals surface area contributed by atoms with Crippen LogP contribution in [0.25, 0.3) is 0 Å². The molecule has 6 heterocycles. The van der Waals surface area contributed by atoms with Gasteiger partial charge in [0.05, 0.1) is 17.4 Å². The fourth-order valence-corrected chi connectivity index (χ4v) is 6.27. The lowest BCUT2D eigenvalue weighted by Gasteiger charge is -2.40. The van der Waals surface area contributed by atoms with Crippen LogP contribution >= 0.6 is 0 Å². The molecule has 0 unspecified atom stereocenters. The first-order valence-electron chi connectivity index (χ1n) is 12.1. The van der Waals surface area contributed by atoms with Crippen LogP contribution in [0.3, 0.4) is 0 Å². The van der Waals surface area contributed by atoms with E-state index in [0.717, 1.165) is 87.6 Å². The summed E-state index contributed by atoms with van der Waals surface area (Å²) in [7, 11) is 1.62. The van der Waals surface area contributed by atoms with E-state index >= 15 is 0 Å². The van der Waals surface area contributed by atoms with E-state index in [9.17, 15) is 9.59 Å². The molecule has 0 atom stereocenters. The number of carbonyl (C=O) groups excluding carboxylic acids is 1. The number of rotatable bonds is 4. The average Bonchev–Trinajstić information content (AvgIpc) is 3.41. The first-order valence-corrected chi connectivity index (χ1v) is 12.1. The van der Waals surface area contributed by atoms with Gasteiger partial charge in [-0.05, 0) is 50.7 Å². The Morgan fingerprint density at radius 1 is 1.21 bits per heavy atom. The highest BCUT2D eigenvalue weighted by Crippen LogP contribution is 2.53. The standard InChI is InChI=1S/C24H31N7O2/c1-25-22(33)19-5-4-16(13-27-19)30-9-6-15(7-10-30)31-14-24(11-17(31)12-24)23-28-20-18(21(32)29-23)3-2-8-26-20/h4-5,13,15,17H,2-3,6-12,14H2,1H3,(H,25,33)(H2,26,28,29,32). The maximum atomic E-state index is 12.6. The second kappa shape index (κ2) is 7.83. The van der Waals surface area contributed by atoms with Crippen molar-refractivity contribution >= 4 is 17.4 Å². The van der Waals surface area contributed by atoms with Crippen molar-refractivity contribution in [3.8, 4) is 0 Å². The molecule has 2 aromatic heterocycles. The summed E-state index contributed by atoms with van der Waals surface area (Å²) in [6.45, 7) is 3.86. The number of carbonyl (C=O) groups is 1. The number of H-pyrrole nitrogens is 1. The third-order valence-corrected chi connectivity index (χ3v) is 8.13. The Hall–Kier alpha value is -2.94. The van der Waals surface area contributed by atoms with E-state index in [4.69, 9.17) is 4.98 Å². The van der Waals surface area contributed by atoms with Crippen molar-refractivity contribution in [2.24, 2.45) is 0 Å². The molecule has 2 bridgehead atoms. The molecule has 1 amide bonds. The number of fused-ring (bicyclic) bond motifs is 2. The molecular formula is C24H31N7O2. The summed E-state index contributed by atoms with van der Waals surface area (Å²) in [5.41, 5.74) is 2.39. The third-order valence-electron chi connectivity index (χ3n) is 8.13. The molecule has 0 radical (unpaired) electrons. The molecule has 9 heteroatoms. The van der Waals surface area contributed by atoms with E-state index < -0.39 is 0 Å². The van der Waals surface area contributed by atoms with Crippen molar-refractivity contribution in [2.75, 3.05) is 43.4 Å². The van der Waals surface area contributed by atoms with Crippen LogP contribution in [0.15, 0.2) is 23.1 Å². The Bertz CT molecular complexity index is 1110. The first-order chi connectivity index (χ1) is 16.1. The lowest BCUT2D eigenvalue weighted by atomic mass is 9.69. The molecule has 5 aliphatic rings. The highest BCUT2D eigenvalue weighted by Gasteiger charge is 2.59. The number of anilines is 2. The molecule has 1 aliphatic carbocycles. The second-order valence-electron chi connectivity index (χ2n) is 9.99. The number of aromatic nitrogens is 3. The zero-order valence-electron chi connectivity index (χ0n) is 19.1. The van der Waals surface area contributed by atoms with Crippen LogP contribution in [0.5, 0.6) is 0 Å². The minimum atomic E-state index is -0.159. The number of hydrogen-bond donors (Lipinski definition) is 3. The van der Waals surface area contributed by atoms with Gasteiger partial charge in [0.2, 0.25) is 0 Å². The zero-order chi connectivity index (χ0) is 22.6. The molecule has 0 spiro atoms. The Labute approximate surface area is 193 Å². The van der Waals surface area contributed by atoms with Crippen LogP contribution in [0.1, 0.15) is 54.0 Å². The average molecular weight is 450 g/mol. The van der Waals surface area contributed by atoms with Gasteiger partial charge in [-0.25, -0.2) is 9.97 Å².